The number of hydrogen-bond donors (Lipinski definition) is 0. The standard InChI is InChI=1S/C24H32O4Si/c1-23(2,3)29(19-12-8-6-9-13-19,20-14-10-7-11-15-20)28-21(16-17-25)22-18-26-24(4,5)27-22/h6-15,17,21-22H,16,18H2,1-5H3/t21-,22-/m1/s1. The number of carbonyl (C=O) groups is 1. The molecular weight excluding hydrogens is 380 g/mol. The van der Waals surface area contributed by atoms with E-state index in [0.29, 0.717) is 6.61 Å². The number of benzene rings is 2. The molecule has 5 heteroatoms. The van der Waals surface area contributed by atoms with Gasteiger partial charge in [-0.15, -0.1) is 0 Å². The molecule has 0 aliphatic carbocycles. The van der Waals surface area contributed by atoms with Crippen LogP contribution in [0, 0.1) is 0 Å². The van der Waals surface area contributed by atoms with Gasteiger partial charge < -0.3 is 18.7 Å². The van der Waals surface area contributed by atoms with Crippen molar-refractivity contribution in [2.75, 3.05) is 6.61 Å². The molecule has 1 heterocycles. The summed E-state index contributed by atoms with van der Waals surface area (Å²) in [5.74, 6) is -0.666. The van der Waals surface area contributed by atoms with E-state index in [-0.39, 0.29) is 23.7 Å². The lowest BCUT2D eigenvalue weighted by atomic mass is 10.1. The maximum absolute atomic E-state index is 11.6. The Morgan fingerprint density at radius 3 is 1.97 bits per heavy atom. The second-order valence-electron chi connectivity index (χ2n) is 9.09. The van der Waals surface area contributed by atoms with Gasteiger partial charge in [-0.1, -0.05) is 81.4 Å². The molecule has 1 saturated heterocycles. The van der Waals surface area contributed by atoms with Crippen LogP contribution < -0.4 is 10.4 Å². The molecule has 0 spiro atoms. The molecule has 0 aromatic heterocycles. The van der Waals surface area contributed by atoms with Crippen LogP contribution in [0.25, 0.3) is 0 Å². The first-order chi connectivity index (χ1) is 13.7. The van der Waals surface area contributed by atoms with Gasteiger partial charge >= 0.3 is 0 Å². The first kappa shape index (κ1) is 21.9. The van der Waals surface area contributed by atoms with Gasteiger partial charge in [0.2, 0.25) is 0 Å². The molecule has 1 aliphatic heterocycles. The van der Waals surface area contributed by atoms with E-state index >= 15 is 0 Å². The summed E-state index contributed by atoms with van der Waals surface area (Å²) >= 11 is 0. The summed E-state index contributed by atoms with van der Waals surface area (Å²) in [5.41, 5.74) is 0. The maximum atomic E-state index is 11.6. The van der Waals surface area contributed by atoms with Gasteiger partial charge in [-0.05, 0) is 29.3 Å². The minimum atomic E-state index is -2.76. The van der Waals surface area contributed by atoms with Gasteiger partial charge in [0.25, 0.3) is 8.32 Å². The molecule has 4 nitrogen and oxygen atoms in total. The maximum Gasteiger partial charge on any atom is 0.261 e. The first-order valence-corrected chi connectivity index (χ1v) is 12.1. The minimum Gasteiger partial charge on any atom is -0.401 e. The second kappa shape index (κ2) is 8.52. The Bertz CT molecular complexity index is 759. The van der Waals surface area contributed by atoms with Crippen molar-refractivity contribution in [3.05, 3.63) is 60.7 Å². The third-order valence-electron chi connectivity index (χ3n) is 5.52. The van der Waals surface area contributed by atoms with Crippen molar-refractivity contribution < 1.29 is 18.7 Å². The van der Waals surface area contributed by atoms with Crippen LogP contribution in [-0.4, -0.2) is 39.2 Å². The van der Waals surface area contributed by atoms with Crippen molar-refractivity contribution in [2.24, 2.45) is 0 Å². The van der Waals surface area contributed by atoms with E-state index < -0.39 is 14.1 Å². The van der Waals surface area contributed by atoms with Crippen LogP contribution in [0.5, 0.6) is 0 Å². The van der Waals surface area contributed by atoms with E-state index in [0.717, 1.165) is 6.29 Å². The summed E-state index contributed by atoms with van der Waals surface area (Å²) in [6, 6.07) is 20.9. The molecule has 0 unspecified atom stereocenters. The Morgan fingerprint density at radius 2 is 1.59 bits per heavy atom. The lowest BCUT2D eigenvalue weighted by Crippen LogP contribution is -2.68. The lowest BCUT2D eigenvalue weighted by molar-refractivity contribution is -0.150. The zero-order valence-corrected chi connectivity index (χ0v) is 19.1. The fraction of sp³-hybridized carbons (Fsp3) is 0.458. The highest BCUT2D eigenvalue weighted by Crippen LogP contribution is 2.39. The van der Waals surface area contributed by atoms with Crippen molar-refractivity contribution in [3.8, 4) is 0 Å². The van der Waals surface area contributed by atoms with Crippen molar-refractivity contribution in [2.45, 2.75) is 64.1 Å². The van der Waals surface area contributed by atoms with Crippen molar-refractivity contribution in [3.63, 3.8) is 0 Å². The zero-order valence-electron chi connectivity index (χ0n) is 18.1. The third-order valence-corrected chi connectivity index (χ3v) is 10.6. The Morgan fingerprint density at radius 1 is 1.07 bits per heavy atom. The van der Waals surface area contributed by atoms with Crippen LogP contribution in [0.4, 0.5) is 0 Å². The molecule has 2 aromatic rings. The molecule has 2 atom stereocenters. The molecule has 0 amide bonds. The van der Waals surface area contributed by atoms with E-state index in [9.17, 15) is 4.79 Å². The van der Waals surface area contributed by atoms with Gasteiger partial charge in [0.1, 0.15) is 12.4 Å². The molecule has 29 heavy (non-hydrogen) atoms. The summed E-state index contributed by atoms with van der Waals surface area (Å²) in [6.45, 7) is 10.9. The zero-order chi connectivity index (χ0) is 21.1. The van der Waals surface area contributed by atoms with Crippen LogP contribution in [-0.2, 0) is 18.7 Å². The number of rotatable bonds is 7. The van der Waals surface area contributed by atoms with Gasteiger partial charge in [0.05, 0.1) is 12.7 Å². The molecule has 1 aliphatic rings. The van der Waals surface area contributed by atoms with E-state index in [1.165, 1.54) is 10.4 Å². The minimum absolute atomic E-state index is 0.161. The molecule has 2 aromatic carbocycles. The fourth-order valence-corrected chi connectivity index (χ4v) is 8.90. The van der Waals surface area contributed by atoms with Gasteiger partial charge in [0, 0.05) is 6.42 Å². The lowest BCUT2D eigenvalue weighted by Gasteiger charge is -2.45. The van der Waals surface area contributed by atoms with Gasteiger partial charge in [-0.3, -0.25) is 0 Å². The number of aldehydes is 1. The Balaban J connectivity index is 2.12. The second-order valence-corrected chi connectivity index (χ2v) is 13.3. The summed E-state index contributed by atoms with van der Waals surface area (Å²) in [4.78, 5) is 11.6. The largest absolute Gasteiger partial charge is 0.401 e. The first-order valence-electron chi connectivity index (χ1n) is 10.2. The van der Waals surface area contributed by atoms with E-state index in [1.807, 2.05) is 26.0 Å². The summed E-state index contributed by atoms with van der Waals surface area (Å²) in [5, 5.41) is 2.21. The van der Waals surface area contributed by atoms with Gasteiger partial charge in [-0.25, -0.2) is 0 Å². The molecule has 0 bridgehead atoms. The monoisotopic (exact) mass is 412 g/mol. The topological polar surface area (TPSA) is 44.8 Å². The highest BCUT2D eigenvalue weighted by atomic mass is 28.4. The quantitative estimate of drug-likeness (QED) is 0.514. The predicted octanol–water partition coefficient (Wildman–Crippen LogP) is 3.67. The normalized spacial score (nSPS) is 20.4. The average molecular weight is 413 g/mol. The van der Waals surface area contributed by atoms with Crippen LogP contribution in [0.1, 0.15) is 41.0 Å². The summed E-state index contributed by atoms with van der Waals surface area (Å²) < 4.78 is 19.0. The molecule has 0 N–H and O–H groups in total. The number of hydrogen-bond acceptors (Lipinski definition) is 4. The smallest absolute Gasteiger partial charge is 0.261 e. The average Bonchev–Trinajstić information content (AvgIpc) is 3.05. The molecule has 0 radical (unpaired) electrons. The summed E-state index contributed by atoms with van der Waals surface area (Å²) in [6.07, 6.45) is 0.545. The molecule has 156 valence electrons. The van der Waals surface area contributed by atoms with E-state index in [4.69, 9.17) is 13.9 Å². The Hall–Kier alpha value is -1.79. The van der Waals surface area contributed by atoms with Gasteiger partial charge in [-0.2, -0.15) is 0 Å². The highest BCUT2D eigenvalue weighted by Gasteiger charge is 2.53. The van der Waals surface area contributed by atoms with Crippen LogP contribution >= 0.6 is 0 Å². The fourth-order valence-electron chi connectivity index (χ4n) is 4.19. The Labute approximate surface area is 175 Å². The SMILES string of the molecule is CC1(C)OC[C@H]([C@@H](CC=O)O[Si](c2ccccc2)(c2ccccc2)C(C)(C)C)O1. The van der Waals surface area contributed by atoms with Crippen molar-refractivity contribution in [1.82, 2.24) is 0 Å². The highest BCUT2D eigenvalue weighted by molar-refractivity contribution is 6.99. The van der Waals surface area contributed by atoms with E-state index in [2.05, 4.69) is 69.3 Å². The third kappa shape index (κ3) is 4.53. The molecule has 3 rings (SSSR count). The Kier molecular flexibility index (Phi) is 6.44. The van der Waals surface area contributed by atoms with Crippen molar-refractivity contribution >= 4 is 25.0 Å². The van der Waals surface area contributed by atoms with Crippen molar-refractivity contribution in [1.29, 1.82) is 0 Å². The van der Waals surface area contributed by atoms with E-state index in [1.54, 1.807) is 0 Å². The predicted molar refractivity (Wildman–Crippen MR) is 118 cm³/mol. The summed E-state index contributed by atoms with van der Waals surface area (Å²) in [7, 11) is -2.76. The molecule has 0 saturated carbocycles. The van der Waals surface area contributed by atoms with Crippen LogP contribution in [0.3, 0.4) is 0 Å². The van der Waals surface area contributed by atoms with Crippen LogP contribution in [0.2, 0.25) is 5.04 Å². The van der Waals surface area contributed by atoms with Gasteiger partial charge in [0.15, 0.2) is 5.79 Å². The number of carbonyl (C=O) groups excluding carboxylic acids is 1. The molecular formula is C24H32O4Si. The van der Waals surface area contributed by atoms with Crippen LogP contribution in [0.15, 0.2) is 60.7 Å². The molecule has 1 fully saturated rings. The number of ether oxygens (including phenoxy) is 2.